The van der Waals surface area contributed by atoms with E-state index in [1.54, 1.807) is 20.8 Å². The van der Waals surface area contributed by atoms with Gasteiger partial charge in [-0.15, -0.1) is 0 Å². The fourth-order valence-corrected chi connectivity index (χ4v) is 0.872. The number of ether oxygens (including phenoxy) is 1. The highest BCUT2D eigenvalue weighted by atomic mass is 16.6. The number of carbonyl (C=O) groups excluding carboxylic acids is 3. The van der Waals surface area contributed by atoms with E-state index in [0.29, 0.717) is 0 Å². The Labute approximate surface area is 134 Å². The van der Waals surface area contributed by atoms with Crippen LogP contribution in [0.2, 0.25) is 0 Å². The minimum atomic E-state index is -0.744. The normalized spacial score (nSPS) is 8.91. The molecule has 6 nitrogen and oxygen atoms in total. The van der Waals surface area contributed by atoms with Gasteiger partial charge < -0.3 is 15.4 Å². The number of hydrogen-bond donors (Lipinski definition) is 2. The summed E-state index contributed by atoms with van der Waals surface area (Å²) in [6.07, 6.45) is 0. The Hall–Kier alpha value is -2.11. The van der Waals surface area contributed by atoms with Gasteiger partial charge in [0, 0.05) is 6.92 Å². The van der Waals surface area contributed by atoms with Gasteiger partial charge in [0.1, 0.15) is 11.3 Å². The lowest BCUT2D eigenvalue weighted by Crippen LogP contribution is -2.36. The molecule has 0 unspecified atom stereocenters. The third-order valence-electron chi connectivity index (χ3n) is 1.51. The standard InChI is InChI=1S/C12H18N2O4.2C2H6/c1-7(13-9(3)15)10(16)14-8(2)11(17)18-12(4,5)6;2*1-2/h1-2H2,3-6H3,(H,13,15)(H,14,16);2*1-2H3. The van der Waals surface area contributed by atoms with Crippen LogP contribution in [0.1, 0.15) is 55.4 Å². The van der Waals surface area contributed by atoms with Crippen molar-refractivity contribution in [2.75, 3.05) is 0 Å². The summed E-state index contributed by atoms with van der Waals surface area (Å²) < 4.78 is 4.99. The number of esters is 1. The fraction of sp³-hybridized carbons (Fsp3) is 0.562. The monoisotopic (exact) mass is 314 g/mol. The third-order valence-corrected chi connectivity index (χ3v) is 1.51. The molecule has 128 valence electrons. The van der Waals surface area contributed by atoms with Crippen LogP contribution in [0.4, 0.5) is 0 Å². The first-order valence-electron chi connectivity index (χ1n) is 7.23. The van der Waals surface area contributed by atoms with E-state index in [-0.39, 0.29) is 11.4 Å². The van der Waals surface area contributed by atoms with Crippen molar-refractivity contribution in [2.24, 2.45) is 0 Å². The van der Waals surface area contributed by atoms with Gasteiger partial charge in [-0.25, -0.2) is 4.79 Å². The first-order chi connectivity index (χ1) is 10.0. The van der Waals surface area contributed by atoms with Gasteiger partial charge >= 0.3 is 5.97 Å². The van der Waals surface area contributed by atoms with Crippen molar-refractivity contribution in [3.8, 4) is 0 Å². The van der Waals surface area contributed by atoms with E-state index in [1.807, 2.05) is 27.7 Å². The summed E-state index contributed by atoms with van der Waals surface area (Å²) >= 11 is 0. The molecule has 0 aliphatic rings. The molecule has 0 saturated carbocycles. The van der Waals surface area contributed by atoms with Gasteiger partial charge in [0.05, 0.1) is 5.70 Å². The molecule has 0 saturated heterocycles. The largest absolute Gasteiger partial charge is 0.455 e. The molecule has 6 heteroatoms. The lowest BCUT2D eigenvalue weighted by molar-refractivity contribution is -0.150. The molecule has 0 aromatic carbocycles. The summed E-state index contributed by atoms with van der Waals surface area (Å²) in [5.41, 5.74) is -1.08. The summed E-state index contributed by atoms with van der Waals surface area (Å²) in [5, 5.41) is 4.38. The first kappa shape index (κ1) is 24.9. The van der Waals surface area contributed by atoms with Crippen LogP contribution in [0.5, 0.6) is 0 Å². The maximum absolute atomic E-state index is 11.5. The predicted octanol–water partition coefficient (Wildman–Crippen LogP) is 2.66. The summed E-state index contributed by atoms with van der Waals surface area (Å²) in [7, 11) is 0. The van der Waals surface area contributed by atoms with Crippen molar-refractivity contribution in [1.29, 1.82) is 0 Å². The summed E-state index contributed by atoms with van der Waals surface area (Å²) in [6.45, 7) is 21.0. The van der Waals surface area contributed by atoms with E-state index in [1.165, 1.54) is 6.92 Å². The summed E-state index contributed by atoms with van der Waals surface area (Å²) in [6, 6.07) is 0. The Balaban J connectivity index is -0.000000826. The summed E-state index contributed by atoms with van der Waals surface area (Å²) in [5.74, 6) is -1.90. The molecule has 0 fully saturated rings. The van der Waals surface area contributed by atoms with Gasteiger partial charge in [-0.2, -0.15) is 0 Å². The van der Waals surface area contributed by atoms with Crippen LogP contribution in [-0.2, 0) is 19.1 Å². The second-order valence-electron chi connectivity index (χ2n) is 4.59. The molecule has 0 atom stereocenters. The van der Waals surface area contributed by atoms with Crippen LogP contribution in [0, 0.1) is 0 Å². The van der Waals surface area contributed by atoms with Crippen LogP contribution < -0.4 is 10.6 Å². The van der Waals surface area contributed by atoms with Crippen molar-refractivity contribution in [2.45, 2.75) is 61.0 Å². The molecule has 2 N–H and O–H groups in total. The molecule has 0 heterocycles. The molecular weight excluding hydrogens is 284 g/mol. The number of amides is 2. The second-order valence-corrected chi connectivity index (χ2v) is 4.59. The minimum Gasteiger partial charge on any atom is -0.455 e. The van der Waals surface area contributed by atoms with Gasteiger partial charge in [0.25, 0.3) is 5.91 Å². The molecule has 0 aromatic rings. The molecule has 0 bridgehead atoms. The smallest absolute Gasteiger partial charge is 0.354 e. The van der Waals surface area contributed by atoms with Crippen molar-refractivity contribution < 1.29 is 19.1 Å². The zero-order valence-electron chi connectivity index (χ0n) is 15.0. The minimum absolute atomic E-state index is 0.174. The second kappa shape index (κ2) is 12.6. The van der Waals surface area contributed by atoms with Crippen molar-refractivity contribution in [1.82, 2.24) is 10.6 Å². The van der Waals surface area contributed by atoms with Gasteiger partial charge in [0.15, 0.2) is 0 Å². The number of nitrogens with one attached hydrogen (secondary N) is 2. The van der Waals surface area contributed by atoms with E-state index in [4.69, 9.17) is 4.74 Å². The van der Waals surface area contributed by atoms with Crippen LogP contribution in [0.3, 0.4) is 0 Å². The number of carbonyl (C=O) groups is 3. The lowest BCUT2D eigenvalue weighted by Gasteiger charge is -2.20. The lowest BCUT2D eigenvalue weighted by atomic mass is 10.2. The maximum Gasteiger partial charge on any atom is 0.354 e. The van der Waals surface area contributed by atoms with Crippen LogP contribution in [-0.4, -0.2) is 23.4 Å². The molecule has 0 radical (unpaired) electrons. The van der Waals surface area contributed by atoms with Gasteiger partial charge in [-0.1, -0.05) is 40.9 Å². The predicted molar refractivity (Wildman–Crippen MR) is 88.8 cm³/mol. The average Bonchev–Trinajstić information content (AvgIpc) is 2.40. The SMILES string of the molecule is C=C(NC(C)=O)C(=O)NC(=C)C(=O)OC(C)(C)C.CC.CC. The zero-order valence-corrected chi connectivity index (χ0v) is 15.0. The molecule has 0 aliphatic carbocycles. The Morgan fingerprint density at radius 3 is 1.59 bits per heavy atom. The Kier molecular flexibility index (Phi) is 14.3. The molecule has 22 heavy (non-hydrogen) atoms. The van der Waals surface area contributed by atoms with Gasteiger partial charge in [0.2, 0.25) is 5.91 Å². The molecule has 0 aliphatic heterocycles. The van der Waals surface area contributed by atoms with Gasteiger partial charge in [-0.3, -0.25) is 9.59 Å². The van der Waals surface area contributed by atoms with E-state index in [9.17, 15) is 14.4 Å². The van der Waals surface area contributed by atoms with Gasteiger partial charge in [-0.05, 0) is 20.8 Å². The van der Waals surface area contributed by atoms with Crippen molar-refractivity contribution in [3.05, 3.63) is 24.6 Å². The topological polar surface area (TPSA) is 84.5 Å². The van der Waals surface area contributed by atoms with Crippen molar-refractivity contribution >= 4 is 17.8 Å². The highest BCUT2D eigenvalue weighted by Gasteiger charge is 2.20. The van der Waals surface area contributed by atoms with Crippen LogP contribution in [0.25, 0.3) is 0 Å². The molecule has 2 amide bonds. The molecule has 0 rings (SSSR count). The van der Waals surface area contributed by atoms with E-state index in [0.717, 1.165) is 0 Å². The van der Waals surface area contributed by atoms with E-state index >= 15 is 0 Å². The first-order valence-corrected chi connectivity index (χ1v) is 7.23. The number of hydrogen-bond acceptors (Lipinski definition) is 4. The highest BCUT2D eigenvalue weighted by molar-refractivity contribution is 6.01. The average molecular weight is 314 g/mol. The van der Waals surface area contributed by atoms with Crippen LogP contribution in [0.15, 0.2) is 24.6 Å². The zero-order chi connectivity index (χ0) is 18.5. The molecule has 0 spiro atoms. The highest BCUT2D eigenvalue weighted by Crippen LogP contribution is 2.09. The summed E-state index contributed by atoms with van der Waals surface area (Å²) in [4.78, 5) is 33.7. The maximum atomic E-state index is 11.5. The Morgan fingerprint density at radius 2 is 1.27 bits per heavy atom. The fourth-order valence-electron chi connectivity index (χ4n) is 0.872. The third kappa shape index (κ3) is 14.3. The molecular formula is C16H30N2O4. The Bertz CT molecular complexity index is 407. The number of rotatable bonds is 4. The van der Waals surface area contributed by atoms with E-state index in [2.05, 4.69) is 23.8 Å². The molecule has 0 aromatic heterocycles. The quantitative estimate of drug-likeness (QED) is 0.617. The van der Waals surface area contributed by atoms with Crippen molar-refractivity contribution in [3.63, 3.8) is 0 Å². The van der Waals surface area contributed by atoms with Crippen LogP contribution >= 0.6 is 0 Å². The Morgan fingerprint density at radius 1 is 0.864 bits per heavy atom. The van der Waals surface area contributed by atoms with E-state index < -0.39 is 23.4 Å².